The molecule has 1 aromatic heterocycles. The third kappa shape index (κ3) is 4.22. The average molecular weight is 492 g/mol. The molecular formula is C32H33N3O2. The molecule has 3 aromatic carbocycles. The summed E-state index contributed by atoms with van der Waals surface area (Å²) in [6.07, 6.45) is 6.14. The molecule has 4 aromatic rings. The summed E-state index contributed by atoms with van der Waals surface area (Å²) in [7, 11) is 0. The van der Waals surface area contributed by atoms with Crippen LogP contribution in [0.1, 0.15) is 53.7 Å². The first-order valence-electron chi connectivity index (χ1n) is 13.5. The molecule has 5 heteroatoms. The molecule has 1 atom stereocenters. The summed E-state index contributed by atoms with van der Waals surface area (Å²) in [5.41, 5.74) is 2.49. The molecule has 188 valence electrons. The van der Waals surface area contributed by atoms with Crippen molar-refractivity contribution in [1.82, 2.24) is 14.8 Å². The fraction of sp³-hybridized carbons (Fsp3) is 0.312. The normalized spacial score (nSPS) is 20.1. The van der Waals surface area contributed by atoms with Crippen molar-refractivity contribution in [3.8, 4) is 0 Å². The van der Waals surface area contributed by atoms with Gasteiger partial charge in [-0.25, -0.2) is 0 Å². The van der Waals surface area contributed by atoms with Gasteiger partial charge in [-0.2, -0.15) is 0 Å². The summed E-state index contributed by atoms with van der Waals surface area (Å²) >= 11 is 0. The van der Waals surface area contributed by atoms with Crippen molar-refractivity contribution in [2.75, 3.05) is 6.54 Å². The van der Waals surface area contributed by atoms with Gasteiger partial charge in [-0.3, -0.25) is 9.59 Å². The van der Waals surface area contributed by atoms with E-state index in [1.54, 1.807) is 0 Å². The Morgan fingerprint density at radius 2 is 1.54 bits per heavy atom. The predicted molar refractivity (Wildman–Crippen MR) is 146 cm³/mol. The standard InChI is InChI=1S/C32H33N3O2/c36-30-29-22-25-14-10-11-19-28(25)34(29)23-32(26-15-6-2-7-16-26,31(37)33-27-17-8-3-9-18-27)35(30)21-20-24-12-4-1-5-13-24/h1-2,4-7,10-16,19,22,27H,3,8-9,17-18,20-21,23H2,(H,33,37). The molecule has 1 unspecified atom stereocenters. The summed E-state index contributed by atoms with van der Waals surface area (Å²) in [5.74, 6) is -0.170. The highest BCUT2D eigenvalue weighted by Gasteiger charge is 2.52. The Bertz CT molecular complexity index is 1410. The lowest BCUT2D eigenvalue weighted by Gasteiger charge is -2.47. The Kier molecular flexibility index (Phi) is 6.29. The maximum Gasteiger partial charge on any atom is 0.271 e. The van der Waals surface area contributed by atoms with E-state index in [0.29, 0.717) is 25.2 Å². The number of nitrogens with zero attached hydrogens (tertiary/aromatic N) is 2. The first kappa shape index (κ1) is 23.5. The van der Waals surface area contributed by atoms with Crippen LogP contribution in [0.25, 0.3) is 10.9 Å². The number of aromatic nitrogens is 1. The largest absolute Gasteiger partial charge is 0.351 e. The zero-order valence-electron chi connectivity index (χ0n) is 21.1. The summed E-state index contributed by atoms with van der Waals surface area (Å²) < 4.78 is 2.06. The van der Waals surface area contributed by atoms with E-state index in [0.717, 1.165) is 47.7 Å². The molecule has 6 rings (SSSR count). The Hall–Kier alpha value is -3.86. The van der Waals surface area contributed by atoms with Crippen molar-refractivity contribution >= 4 is 22.7 Å². The van der Waals surface area contributed by atoms with Crippen LogP contribution >= 0.6 is 0 Å². The molecule has 2 amide bonds. The van der Waals surface area contributed by atoms with Crippen molar-refractivity contribution in [3.63, 3.8) is 0 Å². The number of amides is 2. The monoisotopic (exact) mass is 491 g/mol. The third-order valence-electron chi connectivity index (χ3n) is 8.16. The highest BCUT2D eigenvalue weighted by molar-refractivity contribution is 6.04. The lowest BCUT2D eigenvalue weighted by Crippen LogP contribution is -2.64. The van der Waals surface area contributed by atoms with Gasteiger partial charge in [-0.05, 0) is 42.5 Å². The summed E-state index contributed by atoms with van der Waals surface area (Å²) in [6.45, 7) is 0.844. The SMILES string of the molecule is O=C1c2cc3ccccc3n2CC(C(=O)NC2CCCCC2)(c2ccccc2)N1CCc1ccccc1. The molecule has 0 radical (unpaired) electrons. The van der Waals surface area contributed by atoms with E-state index in [4.69, 9.17) is 0 Å². The maximum absolute atomic E-state index is 14.5. The molecule has 1 N–H and O–H groups in total. The van der Waals surface area contributed by atoms with Crippen molar-refractivity contribution < 1.29 is 9.59 Å². The third-order valence-corrected chi connectivity index (χ3v) is 8.16. The van der Waals surface area contributed by atoms with E-state index in [9.17, 15) is 9.59 Å². The van der Waals surface area contributed by atoms with Crippen molar-refractivity contribution in [3.05, 3.63) is 108 Å². The molecule has 0 bridgehead atoms. The second-order valence-electron chi connectivity index (χ2n) is 10.4. The van der Waals surface area contributed by atoms with Crippen LogP contribution in [0.5, 0.6) is 0 Å². The van der Waals surface area contributed by atoms with Gasteiger partial charge in [0.05, 0.1) is 6.54 Å². The molecule has 1 aliphatic heterocycles. The van der Waals surface area contributed by atoms with Crippen LogP contribution in [-0.4, -0.2) is 33.9 Å². The smallest absolute Gasteiger partial charge is 0.271 e. The van der Waals surface area contributed by atoms with E-state index >= 15 is 0 Å². The number of rotatable bonds is 6. The fourth-order valence-electron chi connectivity index (χ4n) is 6.20. The van der Waals surface area contributed by atoms with Gasteiger partial charge in [0.1, 0.15) is 5.69 Å². The second-order valence-corrected chi connectivity index (χ2v) is 10.4. The van der Waals surface area contributed by atoms with Gasteiger partial charge < -0.3 is 14.8 Å². The Morgan fingerprint density at radius 3 is 2.30 bits per heavy atom. The number of carbonyl (C=O) groups excluding carboxylic acids is 2. The molecular weight excluding hydrogens is 458 g/mol. The molecule has 2 aliphatic rings. The highest BCUT2D eigenvalue weighted by atomic mass is 16.2. The maximum atomic E-state index is 14.5. The summed E-state index contributed by atoms with van der Waals surface area (Å²) in [6, 6.07) is 30.3. The van der Waals surface area contributed by atoms with E-state index in [-0.39, 0.29) is 17.9 Å². The van der Waals surface area contributed by atoms with Crippen LogP contribution in [0.3, 0.4) is 0 Å². The van der Waals surface area contributed by atoms with Crippen LogP contribution in [0, 0.1) is 0 Å². The Balaban J connectivity index is 1.49. The quantitative estimate of drug-likeness (QED) is 0.377. The molecule has 1 fully saturated rings. The number of carbonyl (C=O) groups is 2. The Morgan fingerprint density at radius 1 is 0.865 bits per heavy atom. The van der Waals surface area contributed by atoms with Crippen LogP contribution in [0.15, 0.2) is 91.0 Å². The van der Waals surface area contributed by atoms with E-state index < -0.39 is 5.54 Å². The van der Waals surface area contributed by atoms with Gasteiger partial charge in [-0.15, -0.1) is 0 Å². The first-order chi connectivity index (χ1) is 18.2. The number of benzene rings is 3. The van der Waals surface area contributed by atoms with E-state index in [2.05, 4.69) is 22.0 Å². The minimum atomic E-state index is -1.14. The second kappa shape index (κ2) is 9.89. The minimum Gasteiger partial charge on any atom is -0.351 e. The lowest BCUT2D eigenvalue weighted by atomic mass is 9.83. The van der Waals surface area contributed by atoms with Gasteiger partial charge in [0.15, 0.2) is 5.54 Å². The molecule has 1 saturated carbocycles. The number of fused-ring (bicyclic) bond motifs is 3. The van der Waals surface area contributed by atoms with Crippen molar-refractivity contribution in [2.24, 2.45) is 0 Å². The van der Waals surface area contributed by atoms with Crippen molar-refractivity contribution in [1.29, 1.82) is 0 Å². The van der Waals surface area contributed by atoms with Crippen LogP contribution < -0.4 is 5.32 Å². The molecule has 5 nitrogen and oxygen atoms in total. The summed E-state index contributed by atoms with van der Waals surface area (Å²) in [5, 5.41) is 4.42. The lowest BCUT2D eigenvalue weighted by molar-refractivity contribution is -0.135. The number of hydrogen-bond acceptors (Lipinski definition) is 2. The zero-order chi connectivity index (χ0) is 25.2. The van der Waals surface area contributed by atoms with E-state index in [1.807, 2.05) is 83.8 Å². The minimum absolute atomic E-state index is 0.0737. The number of hydrogen-bond donors (Lipinski definition) is 1. The summed E-state index contributed by atoms with van der Waals surface area (Å²) in [4.78, 5) is 30.7. The predicted octanol–water partition coefficient (Wildman–Crippen LogP) is 5.68. The first-order valence-corrected chi connectivity index (χ1v) is 13.5. The highest BCUT2D eigenvalue weighted by Crippen LogP contribution is 2.39. The van der Waals surface area contributed by atoms with Gasteiger partial charge in [0, 0.05) is 23.5 Å². The van der Waals surface area contributed by atoms with Gasteiger partial charge >= 0.3 is 0 Å². The van der Waals surface area contributed by atoms with Gasteiger partial charge in [-0.1, -0.05) is 98.1 Å². The fourth-order valence-corrected chi connectivity index (χ4v) is 6.20. The van der Waals surface area contributed by atoms with Crippen molar-refractivity contribution in [2.45, 2.75) is 56.7 Å². The topological polar surface area (TPSA) is 54.3 Å². The number of nitrogens with one attached hydrogen (secondary N) is 1. The number of para-hydroxylation sites is 1. The van der Waals surface area contributed by atoms with Crippen LogP contribution in [-0.2, 0) is 23.3 Å². The molecule has 0 saturated heterocycles. The molecule has 2 heterocycles. The average Bonchev–Trinajstić information content (AvgIpc) is 3.32. The van der Waals surface area contributed by atoms with Crippen LogP contribution in [0.2, 0.25) is 0 Å². The zero-order valence-corrected chi connectivity index (χ0v) is 21.1. The molecule has 1 aliphatic carbocycles. The van der Waals surface area contributed by atoms with Gasteiger partial charge in [0.25, 0.3) is 11.8 Å². The molecule has 37 heavy (non-hydrogen) atoms. The van der Waals surface area contributed by atoms with E-state index in [1.165, 1.54) is 6.42 Å². The Labute approximate surface area is 218 Å². The molecule has 0 spiro atoms. The van der Waals surface area contributed by atoms with Crippen LogP contribution in [0.4, 0.5) is 0 Å². The van der Waals surface area contributed by atoms with Gasteiger partial charge in [0.2, 0.25) is 0 Å².